The molecule has 7 nitrogen and oxygen atoms in total. The van der Waals surface area contributed by atoms with Crippen LogP contribution in [0.4, 0.5) is 5.69 Å². The third kappa shape index (κ3) is 4.55. The fourth-order valence-electron chi connectivity index (χ4n) is 2.48. The van der Waals surface area contributed by atoms with E-state index in [2.05, 4.69) is 14.4 Å². The van der Waals surface area contributed by atoms with Gasteiger partial charge in [0, 0.05) is 29.9 Å². The van der Waals surface area contributed by atoms with Gasteiger partial charge in [-0.2, -0.15) is 8.42 Å². The number of benzene rings is 2. The topological polar surface area (TPSA) is 100 Å². The second-order valence-electron chi connectivity index (χ2n) is 5.84. The lowest BCUT2D eigenvalue weighted by Crippen LogP contribution is -2.26. The maximum absolute atomic E-state index is 11.8. The van der Waals surface area contributed by atoms with E-state index in [1.54, 1.807) is 37.4 Å². The summed E-state index contributed by atoms with van der Waals surface area (Å²) in [5.74, 6) is 1.17. The van der Waals surface area contributed by atoms with Crippen molar-refractivity contribution in [2.45, 2.75) is 6.92 Å². The first-order chi connectivity index (χ1) is 12.9. The molecule has 0 aliphatic heterocycles. The van der Waals surface area contributed by atoms with Gasteiger partial charge >= 0.3 is 0 Å². The van der Waals surface area contributed by atoms with Crippen LogP contribution >= 0.6 is 0 Å². The molecule has 3 rings (SSSR count). The second kappa shape index (κ2) is 7.65. The van der Waals surface area contributed by atoms with Gasteiger partial charge < -0.3 is 9.72 Å². The van der Waals surface area contributed by atoms with E-state index in [1.807, 2.05) is 30.3 Å². The summed E-state index contributed by atoms with van der Waals surface area (Å²) in [6, 6.07) is 15.9. The van der Waals surface area contributed by atoms with Crippen LogP contribution in [0.1, 0.15) is 5.56 Å². The van der Waals surface area contributed by atoms with Crippen molar-refractivity contribution >= 4 is 15.9 Å². The molecular weight excluding hydrogens is 366 g/mol. The molecule has 0 fully saturated rings. The number of pyridine rings is 1. The summed E-state index contributed by atoms with van der Waals surface area (Å²) in [5, 5.41) is 0. The highest BCUT2D eigenvalue weighted by Gasteiger charge is 2.13. The van der Waals surface area contributed by atoms with Crippen LogP contribution in [-0.4, -0.2) is 20.4 Å². The zero-order valence-electron chi connectivity index (χ0n) is 14.8. The van der Waals surface area contributed by atoms with E-state index in [0.717, 1.165) is 0 Å². The lowest BCUT2D eigenvalue weighted by molar-refractivity contribution is 0.484. The van der Waals surface area contributed by atoms with Gasteiger partial charge in [-0.05, 0) is 43.3 Å². The van der Waals surface area contributed by atoms with E-state index in [9.17, 15) is 13.2 Å². The fourth-order valence-corrected chi connectivity index (χ4v) is 3.02. The van der Waals surface area contributed by atoms with Crippen LogP contribution < -0.4 is 19.7 Å². The highest BCUT2D eigenvalue weighted by atomic mass is 32.2. The Kier molecular flexibility index (Phi) is 5.29. The van der Waals surface area contributed by atoms with Crippen molar-refractivity contribution in [3.05, 3.63) is 76.7 Å². The average molecular weight is 385 g/mol. The molecule has 1 aromatic heterocycles. The number of nitrogens with one attached hydrogen (secondary N) is 3. The van der Waals surface area contributed by atoms with Gasteiger partial charge in [0.2, 0.25) is 0 Å². The molecule has 0 aliphatic carbocycles. The van der Waals surface area contributed by atoms with E-state index in [1.165, 1.54) is 7.05 Å². The van der Waals surface area contributed by atoms with Crippen LogP contribution in [0, 0.1) is 6.92 Å². The Morgan fingerprint density at radius 3 is 2.44 bits per heavy atom. The molecular formula is C19H19N3O4S. The Labute approximate surface area is 157 Å². The summed E-state index contributed by atoms with van der Waals surface area (Å²) in [7, 11) is -2.34. The molecule has 0 aliphatic rings. The number of para-hydroxylation sites is 1. The van der Waals surface area contributed by atoms with Crippen LogP contribution in [0.3, 0.4) is 0 Å². The number of aromatic amines is 1. The fraction of sp³-hybridized carbons (Fsp3) is 0.105. The Morgan fingerprint density at radius 1 is 1.04 bits per heavy atom. The first kappa shape index (κ1) is 18.7. The Bertz CT molecular complexity index is 1110. The number of rotatable bonds is 6. The zero-order valence-corrected chi connectivity index (χ0v) is 15.6. The SMILES string of the molecule is CNS(=O)(=O)Nc1ccc(Oc2ccccc2)c(-c2c[nH]c(=O)c(C)c2)c1. The molecule has 140 valence electrons. The number of aromatic nitrogens is 1. The van der Waals surface area contributed by atoms with Crippen molar-refractivity contribution < 1.29 is 13.2 Å². The maximum Gasteiger partial charge on any atom is 0.298 e. The number of ether oxygens (including phenoxy) is 1. The molecule has 0 bridgehead atoms. The van der Waals surface area contributed by atoms with E-state index >= 15 is 0 Å². The second-order valence-corrected chi connectivity index (χ2v) is 7.46. The van der Waals surface area contributed by atoms with Gasteiger partial charge in [0.15, 0.2) is 0 Å². The molecule has 0 unspecified atom stereocenters. The number of hydrogen-bond acceptors (Lipinski definition) is 4. The molecule has 0 radical (unpaired) electrons. The monoisotopic (exact) mass is 385 g/mol. The highest BCUT2D eigenvalue weighted by molar-refractivity contribution is 7.90. The summed E-state index contributed by atoms with van der Waals surface area (Å²) in [6.45, 7) is 1.70. The lowest BCUT2D eigenvalue weighted by Gasteiger charge is -2.14. The predicted octanol–water partition coefficient (Wildman–Crippen LogP) is 3.02. The molecule has 0 saturated heterocycles. The smallest absolute Gasteiger partial charge is 0.298 e. The summed E-state index contributed by atoms with van der Waals surface area (Å²) in [5.41, 5.74) is 2.05. The number of anilines is 1. The molecule has 2 aromatic carbocycles. The van der Waals surface area contributed by atoms with Crippen molar-refractivity contribution in [3.63, 3.8) is 0 Å². The molecule has 8 heteroatoms. The van der Waals surface area contributed by atoms with Crippen LogP contribution in [-0.2, 0) is 10.2 Å². The Balaban J connectivity index is 2.09. The first-order valence-corrected chi connectivity index (χ1v) is 9.64. The van der Waals surface area contributed by atoms with Gasteiger partial charge in [-0.15, -0.1) is 0 Å². The number of hydrogen-bond donors (Lipinski definition) is 3. The van der Waals surface area contributed by atoms with Gasteiger partial charge in [-0.25, -0.2) is 4.72 Å². The van der Waals surface area contributed by atoms with Gasteiger partial charge in [0.05, 0.1) is 5.69 Å². The van der Waals surface area contributed by atoms with E-state index in [4.69, 9.17) is 4.74 Å². The summed E-state index contributed by atoms with van der Waals surface area (Å²) < 4.78 is 34.2. The Morgan fingerprint density at radius 2 is 1.78 bits per heavy atom. The van der Waals surface area contributed by atoms with Crippen molar-refractivity contribution in [2.24, 2.45) is 0 Å². The van der Waals surface area contributed by atoms with Crippen molar-refractivity contribution in [3.8, 4) is 22.6 Å². The largest absolute Gasteiger partial charge is 0.457 e. The molecule has 1 heterocycles. The van der Waals surface area contributed by atoms with Crippen molar-refractivity contribution in [1.82, 2.24) is 9.71 Å². The minimum Gasteiger partial charge on any atom is -0.457 e. The van der Waals surface area contributed by atoms with E-state index in [0.29, 0.717) is 33.9 Å². The van der Waals surface area contributed by atoms with Gasteiger partial charge in [-0.1, -0.05) is 18.2 Å². The summed E-state index contributed by atoms with van der Waals surface area (Å²) in [4.78, 5) is 14.4. The lowest BCUT2D eigenvalue weighted by atomic mass is 10.0. The predicted molar refractivity (Wildman–Crippen MR) is 105 cm³/mol. The normalized spacial score (nSPS) is 11.2. The molecule has 0 saturated carbocycles. The molecule has 0 amide bonds. The number of aryl methyl sites for hydroxylation is 1. The van der Waals surface area contributed by atoms with Crippen LogP contribution in [0.2, 0.25) is 0 Å². The minimum atomic E-state index is -3.66. The minimum absolute atomic E-state index is 0.184. The Hall–Kier alpha value is -3.10. The third-order valence-electron chi connectivity index (χ3n) is 3.87. The molecule has 0 spiro atoms. The molecule has 3 aromatic rings. The first-order valence-electron chi connectivity index (χ1n) is 8.16. The van der Waals surface area contributed by atoms with Crippen LogP contribution in [0.15, 0.2) is 65.6 Å². The average Bonchev–Trinajstić information content (AvgIpc) is 2.66. The number of H-pyrrole nitrogens is 1. The van der Waals surface area contributed by atoms with Crippen molar-refractivity contribution in [2.75, 3.05) is 11.8 Å². The zero-order chi connectivity index (χ0) is 19.4. The summed E-state index contributed by atoms with van der Waals surface area (Å²) in [6.07, 6.45) is 1.57. The highest BCUT2D eigenvalue weighted by Crippen LogP contribution is 2.35. The van der Waals surface area contributed by atoms with Gasteiger partial charge in [0.1, 0.15) is 11.5 Å². The van der Waals surface area contributed by atoms with Crippen LogP contribution in [0.5, 0.6) is 11.5 Å². The van der Waals surface area contributed by atoms with Crippen molar-refractivity contribution in [1.29, 1.82) is 0 Å². The summed E-state index contributed by atoms with van der Waals surface area (Å²) >= 11 is 0. The maximum atomic E-state index is 11.8. The van der Waals surface area contributed by atoms with E-state index in [-0.39, 0.29) is 5.56 Å². The van der Waals surface area contributed by atoms with Gasteiger partial charge in [0.25, 0.3) is 15.8 Å². The quantitative estimate of drug-likeness (QED) is 0.607. The third-order valence-corrected chi connectivity index (χ3v) is 4.91. The standard InChI is InChI=1S/C19H19N3O4S/c1-13-10-14(12-21-19(13)23)17-11-15(22-27(24,25)20-2)8-9-18(17)26-16-6-4-3-5-7-16/h3-12,20,22H,1-2H3,(H,21,23). The van der Waals surface area contributed by atoms with Gasteiger partial charge in [-0.3, -0.25) is 9.52 Å². The molecule has 27 heavy (non-hydrogen) atoms. The van der Waals surface area contributed by atoms with E-state index < -0.39 is 10.2 Å². The molecule has 3 N–H and O–H groups in total. The molecule has 0 atom stereocenters. The van der Waals surface area contributed by atoms with Crippen LogP contribution in [0.25, 0.3) is 11.1 Å².